The molecule has 0 amide bonds. The first-order valence-electron chi connectivity index (χ1n) is 17.6. The van der Waals surface area contributed by atoms with Crippen molar-refractivity contribution in [3.05, 3.63) is 200 Å². The molecular weight excluding hydrogens is 651 g/mol. The van der Waals surface area contributed by atoms with E-state index in [-0.39, 0.29) is 0 Å². The van der Waals surface area contributed by atoms with Crippen molar-refractivity contribution in [1.82, 2.24) is 4.57 Å². The van der Waals surface area contributed by atoms with Gasteiger partial charge in [-0.1, -0.05) is 91.0 Å². The number of fused-ring (bicyclic) bond motifs is 6. The molecule has 10 rings (SSSR count). The van der Waals surface area contributed by atoms with Gasteiger partial charge in [0.2, 0.25) is 0 Å². The molecule has 2 heterocycles. The summed E-state index contributed by atoms with van der Waals surface area (Å²) in [6, 6.07) is 72.1. The average molecular weight is 684 g/mol. The van der Waals surface area contributed by atoms with Crippen LogP contribution < -0.4 is 9.80 Å². The highest BCUT2D eigenvalue weighted by Gasteiger charge is 2.20. The van der Waals surface area contributed by atoms with Crippen molar-refractivity contribution in [2.45, 2.75) is 0 Å². The van der Waals surface area contributed by atoms with E-state index in [1.54, 1.807) is 0 Å². The second-order valence-corrected chi connectivity index (χ2v) is 14.1. The zero-order chi connectivity index (χ0) is 34.4. The van der Waals surface area contributed by atoms with E-state index in [1.807, 2.05) is 11.3 Å². The number of thiophene rings is 1. The zero-order valence-corrected chi connectivity index (χ0v) is 29.1. The molecule has 52 heavy (non-hydrogen) atoms. The van der Waals surface area contributed by atoms with Crippen molar-refractivity contribution >= 4 is 87.4 Å². The van der Waals surface area contributed by atoms with Crippen LogP contribution in [0.3, 0.4) is 0 Å². The van der Waals surface area contributed by atoms with Gasteiger partial charge in [0, 0.05) is 70.8 Å². The molecule has 0 aliphatic carbocycles. The Kier molecular flexibility index (Phi) is 7.33. The summed E-state index contributed by atoms with van der Waals surface area (Å²) in [5, 5.41) is 4.98. The van der Waals surface area contributed by atoms with Gasteiger partial charge < -0.3 is 14.4 Å². The fraction of sp³-hybridized carbons (Fsp3) is 0. The largest absolute Gasteiger partial charge is 0.310 e. The summed E-state index contributed by atoms with van der Waals surface area (Å²) in [5.41, 5.74) is 10.2. The zero-order valence-electron chi connectivity index (χ0n) is 28.3. The van der Waals surface area contributed by atoms with Crippen molar-refractivity contribution in [3.8, 4) is 5.69 Å². The predicted molar refractivity (Wildman–Crippen MR) is 223 cm³/mol. The number of hydrogen-bond acceptors (Lipinski definition) is 3. The van der Waals surface area contributed by atoms with Crippen LogP contribution in [0, 0.1) is 0 Å². The average Bonchev–Trinajstić information content (AvgIpc) is 3.75. The third kappa shape index (κ3) is 5.12. The first-order chi connectivity index (χ1) is 25.8. The van der Waals surface area contributed by atoms with Crippen molar-refractivity contribution in [1.29, 1.82) is 0 Å². The monoisotopic (exact) mass is 683 g/mol. The van der Waals surface area contributed by atoms with E-state index in [0.717, 1.165) is 39.8 Å². The fourth-order valence-electron chi connectivity index (χ4n) is 7.61. The number of nitrogens with zero attached hydrogens (tertiary/aromatic N) is 3. The van der Waals surface area contributed by atoms with E-state index in [1.165, 1.54) is 42.0 Å². The Morgan fingerprint density at radius 1 is 0.308 bits per heavy atom. The second-order valence-electron chi connectivity index (χ2n) is 13.0. The maximum absolute atomic E-state index is 2.39. The minimum Gasteiger partial charge on any atom is -0.310 e. The molecule has 0 aliphatic rings. The lowest BCUT2D eigenvalue weighted by atomic mass is 10.1. The van der Waals surface area contributed by atoms with Crippen LogP contribution >= 0.6 is 11.3 Å². The molecular formula is C48H33N3S. The predicted octanol–water partition coefficient (Wildman–Crippen LogP) is 14.1. The normalized spacial score (nSPS) is 11.5. The van der Waals surface area contributed by atoms with Gasteiger partial charge in [-0.25, -0.2) is 0 Å². The highest BCUT2D eigenvalue weighted by atomic mass is 32.1. The van der Waals surface area contributed by atoms with Gasteiger partial charge in [-0.2, -0.15) is 0 Å². The Balaban J connectivity index is 1.22. The summed E-state index contributed by atoms with van der Waals surface area (Å²) in [6.07, 6.45) is 0. The highest BCUT2D eigenvalue weighted by molar-refractivity contribution is 7.25. The number of aromatic nitrogens is 1. The highest BCUT2D eigenvalue weighted by Crippen LogP contribution is 2.44. The van der Waals surface area contributed by atoms with Gasteiger partial charge >= 0.3 is 0 Å². The number of para-hydroxylation sites is 4. The summed E-state index contributed by atoms with van der Waals surface area (Å²) in [7, 11) is 0. The van der Waals surface area contributed by atoms with Crippen LogP contribution in [-0.2, 0) is 0 Å². The molecule has 3 nitrogen and oxygen atoms in total. The van der Waals surface area contributed by atoms with Gasteiger partial charge in [-0.15, -0.1) is 11.3 Å². The smallest absolute Gasteiger partial charge is 0.0542 e. The number of rotatable bonds is 7. The maximum atomic E-state index is 2.39. The molecule has 0 atom stereocenters. The SMILES string of the molecule is c1ccc(N(c2ccccc2)c2ccc3c(c2)c2cc(N(c4ccccc4)c4ccc5sc6ccccc6c5c4)ccc2n3-c2ccccc2)cc1. The molecule has 4 heteroatoms. The molecule has 10 aromatic rings. The number of hydrogen-bond donors (Lipinski definition) is 0. The van der Waals surface area contributed by atoms with E-state index in [0.29, 0.717) is 0 Å². The van der Waals surface area contributed by atoms with Crippen LogP contribution in [0.25, 0.3) is 47.7 Å². The van der Waals surface area contributed by atoms with Crippen molar-refractivity contribution in [2.75, 3.05) is 9.80 Å². The van der Waals surface area contributed by atoms with Gasteiger partial charge in [0.1, 0.15) is 0 Å². The van der Waals surface area contributed by atoms with Crippen LogP contribution in [0.15, 0.2) is 200 Å². The molecule has 0 bridgehead atoms. The Hall–Kier alpha value is -6.62. The lowest BCUT2D eigenvalue weighted by molar-refractivity contribution is 1.18. The molecule has 2 aromatic heterocycles. The van der Waals surface area contributed by atoms with Crippen LogP contribution in [0.2, 0.25) is 0 Å². The number of benzene rings is 8. The number of anilines is 6. The minimum absolute atomic E-state index is 1.11. The molecule has 0 fully saturated rings. The third-order valence-electron chi connectivity index (χ3n) is 9.92. The van der Waals surface area contributed by atoms with Crippen LogP contribution in [0.4, 0.5) is 34.1 Å². The molecule has 0 spiro atoms. The Morgan fingerprint density at radius 2 is 0.712 bits per heavy atom. The summed E-state index contributed by atoms with van der Waals surface area (Å²) in [5.74, 6) is 0. The molecule has 0 N–H and O–H groups in total. The molecule has 0 unspecified atom stereocenters. The van der Waals surface area contributed by atoms with E-state index < -0.39 is 0 Å². The molecule has 0 radical (unpaired) electrons. The summed E-state index contributed by atoms with van der Waals surface area (Å²) in [4.78, 5) is 4.73. The van der Waals surface area contributed by atoms with Crippen molar-refractivity contribution in [3.63, 3.8) is 0 Å². The Labute approximate surface area is 306 Å². The van der Waals surface area contributed by atoms with Gasteiger partial charge in [-0.3, -0.25) is 0 Å². The van der Waals surface area contributed by atoms with Crippen molar-refractivity contribution < 1.29 is 0 Å². The third-order valence-corrected chi connectivity index (χ3v) is 11.1. The summed E-state index contributed by atoms with van der Waals surface area (Å²) < 4.78 is 5.00. The Morgan fingerprint density at radius 3 is 1.25 bits per heavy atom. The minimum atomic E-state index is 1.11. The van der Waals surface area contributed by atoms with Gasteiger partial charge in [-0.05, 0) is 109 Å². The summed E-state index contributed by atoms with van der Waals surface area (Å²) >= 11 is 1.85. The van der Waals surface area contributed by atoms with Gasteiger partial charge in [0.05, 0.1) is 11.0 Å². The maximum Gasteiger partial charge on any atom is 0.0542 e. The van der Waals surface area contributed by atoms with Crippen LogP contribution in [0.5, 0.6) is 0 Å². The fourth-order valence-corrected chi connectivity index (χ4v) is 8.70. The molecule has 0 saturated carbocycles. The first kappa shape index (κ1) is 30.2. The second kappa shape index (κ2) is 12.6. The molecule has 0 aliphatic heterocycles. The summed E-state index contributed by atoms with van der Waals surface area (Å²) in [6.45, 7) is 0. The lowest BCUT2D eigenvalue weighted by Gasteiger charge is -2.26. The van der Waals surface area contributed by atoms with Crippen molar-refractivity contribution in [2.24, 2.45) is 0 Å². The topological polar surface area (TPSA) is 11.4 Å². The van der Waals surface area contributed by atoms with Crippen LogP contribution in [-0.4, -0.2) is 4.57 Å². The quantitative estimate of drug-likeness (QED) is 0.166. The first-order valence-corrected chi connectivity index (χ1v) is 18.4. The molecule has 246 valence electrons. The molecule has 8 aromatic carbocycles. The standard InChI is InChI=1S/C48H33N3S/c1-5-15-34(16-6-1)49(35-17-7-2-8-18-35)38-25-28-45-42(31-38)43-32-39(26-29-46(43)51(45)37-21-11-4-12-22-37)50(36-19-9-3-10-20-36)40-27-30-48-44(33-40)41-23-13-14-24-47(41)52-48/h1-33H. The lowest BCUT2D eigenvalue weighted by Crippen LogP contribution is -2.09. The Bertz CT molecular complexity index is 2800. The van der Waals surface area contributed by atoms with E-state index in [2.05, 4.69) is 215 Å². The molecule has 0 saturated heterocycles. The van der Waals surface area contributed by atoms with Gasteiger partial charge in [0.25, 0.3) is 0 Å². The van der Waals surface area contributed by atoms with E-state index in [4.69, 9.17) is 0 Å². The van der Waals surface area contributed by atoms with Gasteiger partial charge in [0.15, 0.2) is 0 Å². The van der Waals surface area contributed by atoms with E-state index >= 15 is 0 Å². The van der Waals surface area contributed by atoms with E-state index in [9.17, 15) is 0 Å². The van der Waals surface area contributed by atoms with Crippen LogP contribution in [0.1, 0.15) is 0 Å².